The topological polar surface area (TPSA) is 49.4 Å². The highest BCUT2D eigenvalue weighted by Gasteiger charge is 2.38. The normalized spacial score (nSPS) is 17.3. The molecule has 0 aromatic heterocycles. The molecule has 2 aliphatic rings. The second-order valence-corrected chi connectivity index (χ2v) is 6.05. The molecule has 4 nitrogen and oxygen atoms in total. The fourth-order valence-electron chi connectivity index (χ4n) is 2.77. The van der Waals surface area contributed by atoms with Crippen LogP contribution in [0.3, 0.4) is 0 Å². The van der Waals surface area contributed by atoms with Crippen LogP contribution in [0, 0.1) is 13.8 Å². The zero-order chi connectivity index (χ0) is 15.1. The molecule has 4 heteroatoms. The molecule has 0 spiro atoms. The molecule has 0 saturated heterocycles. The third kappa shape index (κ3) is 2.51. The largest absolute Gasteiger partial charge is 0.310 e. The zero-order valence-corrected chi connectivity index (χ0v) is 12.5. The van der Waals surface area contributed by atoms with Gasteiger partial charge in [-0.05, 0) is 43.4 Å². The summed E-state index contributed by atoms with van der Waals surface area (Å²) in [5.74, 6) is -0.830. The van der Waals surface area contributed by atoms with Crippen LogP contribution in [-0.2, 0) is 4.79 Å². The molecule has 21 heavy (non-hydrogen) atoms. The van der Waals surface area contributed by atoms with Crippen LogP contribution >= 0.6 is 0 Å². The average molecular weight is 284 g/mol. The SMILES string of the molecule is C=C(CNC1CC1)CN1C(=O)C(=O)c2c(C)ccc(C)c21. The van der Waals surface area contributed by atoms with Gasteiger partial charge in [0.25, 0.3) is 11.7 Å². The number of benzene rings is 1. The number of carbonyl (C=O) groups is 2. The number of fused-ring (bicyclic) bond motifs is 1. The second-order valence-electron chi connectivity index (χ2n) is 6.05. The summed E-state index contributed by atoms with van der Waals surface area (Å²) in [7, 11) is 0. The van der Waals surface area contributed by atoms with Gasteiger partial charge in [0.15, 0.2) is 0 Å². The van der Waals surface area contributed by atoms with Gasteiger partial charge in [-0.25, -0.2) is 0 Å². The summed E-state index contributed by atoms with van der Waals surface area (Å²) < 4.78 is 0. The van der Waals surface area contributed by atoms with Gasteiger partial charge in [-0.1, -0.05) is 18.7 Å². The van der Waals surface area contributed by atoms with Gasteiger partial charge in [0.2, 0.25) is 0 Å². The van der Waals surface area contributed by atoms with E-state index in [9.17, 15) is 9.59 Å². The number of rotatable bonds is 5. The number of nitrogens with one attached hydrogen (secondary N) is 1. The number of Topliss-reactive ketones (excluding diaryl/α,β-unsaturated/α-hetero) is 1. The van der Waals surface area contributed by atoms with Gasteiger partial charge in [-0.3, -0.25) is 9.59 Å². The van der Waals surface area contributed by atoms with Gasteiger partial charge in [0, 0.05) is 19.1 Å². The first-order chi connectivity index (χ1) is 9.99. The van der Waals surface area contributed by atoms with Crippen molar-refractivity contribution in [1.29, 1.82) is 0 Å². The van der Waals surface area contributed by atoms with Crippen molar-refractivity contribution in [3.05, 3.63) is 41.0 Å². The summed E-state index contributed by atoms with van der Waals surface area (Å²) >= 11 is 0. The average Bonchev–Trinajstić information content (AvgIpc) is 3.24. The Kier molecular flexibility index (Phi) is 3.41. The summed E-state index contributed by atoms with van der Waals surface area (Å²) in [5.41, 5.74) is 4.06. The molecule has 3 rings (SSSR count). The van der Waals surface area contributed by atoms with Crippen LogP contribution in [0.25, 0.3) is 0 Å². The molecule has 0 atom stereocenters. The zero-order valence-electron chi connectivity index (χ0n) is 12.5. The number of hydrogen-bond donors (Lipinski definition) is 1. The Morgan fingerprint density at radius 1 is 1.29 bits per heavy atom. The summed E-state index contributed by atoms with van der Waals surface area (Å²) in [6, 6.07) is 4.46. The molecule has 1 fully saturated rings. The first-order valence-electron chi connectivity index (χ1n) is 7.35. The van der Waals surface area contributed by atoms with Crippen molar-refractivity contribution in [3.8, 4) is 0 Å². The van der Waals surface area contributed by atoms with Crippen molar-refractivity contribution >= 4 is 17.4 Å². The van der Waals surface area contributed by atoms with E-state index >= 15 is 0 Å². The molecule has 1 saturated carbocycles. The molecule has 1 aliphatic carbocycles. The maximum atomic E-state index is 12.3. The number of anilines is 1. The van der Waals surface area contributed by atoms with Crippen LogP contribution in [0.1, 0.15) is 34.3 Å². The van der Waals surface area contributed by atoms with Crippen molar-refractivity contribution in [3.63, 3.8) is 0 Å². The van der Waals surface area contributed by atoms with Crippen LogP contribution < -0.4 is 10.2 Å². The Bertz CT molecular complexity index is 644. The standard InChI is InChI=1S/C17H20N2O2/c1-10(8-18-13-6-7-13)9-19-15-12(3)5-4-11(2)14(15)16(20)17(19)21/h4-5,13,18H,1,6-9H2,2-3H3. The fourth-order valence-corrected chi connectivity index (χ4v) is 2.77. The molecule has 1 aromatic rings. The molecular weight excluding hydrogens is 264 g/mol. The molecule has 1 amide bonds. The summed E-state index contributed by atoms with van der Waals surface area (Å²) in [6.45, 7) is 8.94. The van der Waals surface area contributed by atoms with Gasteiger partial charge < -0.3 is 10.2 Å². The summed E-state index contributed by atoms with van der Waals surface area (Å²) in [6.07, 6.45) is 2.44. The van der Waals surface area contributed by atoms with E-state index in [1.165, 1.54) is 12.8 Å². The van der Waals surface area contributed by atoms with Gasteiger partial charge in [0.1, 0.15) is 0 Å². The number of nitrogens with zero attached hydrogens (tertiary/aromatic N) is 1. The van der Waals surface area contributed by atoms with E-state index in [4.69, 9.17) is 0 Å². The Labute approximate surface area is 124 Å². The minimum Gasteiger partial charge on any atom is -0.310 e. The molecule has 1 aromatic carbocycles. The van der Waals surface area contributed by atoms with Crippen molar-refractivity contribution in [2.24, 2.45) is 0 Å². The molecule has 0 radical (unpaired) electrons. The highest BCUT2D eigenvalue weighted by atomic mass is 16.2. The molecule has 1 aliphatic heterocycles. The van der Waals surface area contributed by atoms with Crippen molar-refractivity contribution < 1.29 is 9.59 Å². The van der Waals surface area contributed by atoms with Gasteiger partial charge in [-0.2, -0.15) is 0 Å². The molecule has 1 N–H and O–H groups in total. The first-order valence-corrected chi connectivity index (χ1v) is 7.35. The highest BCUT2D eigenvalue weighted by molar-refractivity contribution is 6.52. The Hall–Kier alpha value is -1.94. The van der Waals surface area contributed by atoms with Crippen molar-refractivity contribution in [2.75, 3.05) is 18.0 Å². The third-order valence-corrected chi connectivity index (χ3v) is 4.12. The predicted molar refractivity (Wildman–Crippen MR) is 82.8 cm³/mol. The van der Waals surface area contributed by atoms with E-state index < -0.39 is 11.7 Å². The van der Waals surface area contributed by atoms with Gasteiger partial charge in [-0.15, -0.1) is 0 Å². The minimum atomic E-state index is -0.435. The van der Waals surface area contributed by atoms with Gasteiger partial charge in [0.05, 0.1) is 11.3 Å². The fraction of sp³-hybridized carbons (Fsp3) is 0.412. The van der Waals surface area contributed by atoms with E-state index in [2.05, 4.69) is 11.9 Å². The molecular formula is C17H20N2O2. The van der Waals surface area contributed by atoms with Crippen LogP contribution in [0.5, 0.6) is 0 Å². The highest BCUT2D eigenvalue weighted by Crippen LogP contribution is 2.34. The number of carbonyl (C=O) groups excluding carboxylic acids is 2. The number of ketones is 1. The van der Waals surface area contributed by atoms with E-state index in [1.807, 2.05) is 26.0 Å². The number of amides is 1. The molecule has 110 valence electrons. The van der Waals surface area contributed by atoms with Crippen LogP contribution in [0.4, 0.5) is 5.69 Å². The van der Waals surface area contributed by atoms with Crippen molar-refractivity contribution in [2.45, 2.75) is 32.7 Å². The minimum absolute atomic E-state index is 0.394. The lowest BCUT2D eigenvalue weighted by atomic mass is 10.0. The maximum absolute atomic E-state index is 12.3. The Morgan fingerprint density at radius 3 is 2.62 bits per heavy atom. The monoisotopic (exact) mass is 284 g/mol. The second kappa shape index (κ2) is 5.11. The van der Waals surface area contributed by atoms with Crippen LogP contribution in [0.2, 0.25) is 0 Å². The van der Waals surface area contributed by atoms with E-state index in [-0.39, 0.29) is 0 Å². The van der Waals surface area contributed by atoms with Crippen molar-refractivity contribution in [1.82, 2.24) is 5.32 Å². The smallest absolute Gasteiger partial charge is 0.299 e. The summed E-state index contributed by atoms with van der Waals surface area (Å²) in [5, 5.41) is 3.38. The molecule has 0 unspecified atom stereocenters. The van der Waals surface area contributed by atoms with Crippen LogP contribution in [-0.4, -0.2) is 30.8 Å². The third-order valence-electron chi connectivity index (χ3n) is 4.12. The molecule has 1 heterocycles. The first kappa shape index (κ1) is 14.0. The quantitative estimate of drug-likeness (QED) is 0.666. The Morgan fingerprint density at radius 2 is 1.95 bits per heavy atom. The lowest BCUT2D eigenvalue weighted by Gasteiger charge is -2.20. The summed E-state index contributed by atoms with van der Waals surface area (Å²) in [4.78, 5) is 26.0. The van der Waals surface area contributed by atoms with E-state index in [1.54, 1.807) is 4.90 Å². The van der Waals surface area contributed by atoms with E-state index in [0.29, 0.717) is 24.7 Å². The predicted octanol–water partition coefficient (Wildman–Crippen LogP) is 2.14. The number of hydrogen-bond acceptors (Lipinski definition) is 3. The van der Waals surface area contributed by atoms with Gasteiger partial charge >= 0.3 is 0 Å². The Balaban J connectivity index is 1.83. The molecule has 0 bridgehead atoms. The maximum Gasteiger partial charge on any atom is 0.299 e. The lowest BCUT2D eigenvalue weighted by molar-refractivity contribution is -0.114. The van der Waals surface area contributed by atoms with E-state index in [0.717, 1.165) is 22.4 Å². The lowest BCUT2D eigenvalue weighted by Crippen LogP contribution is -2.34. The number of aryl methyl sites for hydroxylation is 2. The van der Waals surface area contributed by atoms with Crippen LogP contribution in [0.15, 0.2) is 24.3 Å².